The van der Waals surface area contributed by atoms with Crippen molar-refractivity contribution in [3.63, 3.8) is 0 Å². The lowest BCUT2D eigenvalue weighted by atomic mass is 9.85. The molecule has 94 valence electrons. The summed E-state index contributed by atoms with van der Waals surface area (Å²) in [5, 5.41) is 0. The number of hydrogen-bond donors (Lipinski definition) is 1. The summed E-state index contributed by atoms with van der Waals surface area (Å²) in [4.78, 5) is 0. The summed E-state index contributed by atoms with van der Waals surface area (Å²) >= 11 is 0. The lowest BCUT2D eigenvalue weighted by Gasteiger charge is -2.26. The SMILES string of the molecule is CC(N)(c1cccc(F)c1)c1ccc(F)cc1F. The predicted molar refractivity (Wildman–Crippen MR) is 63.4 cm³/mol. The highest BCUT2D eigenvalue weighted by atomic mass is 19.1. The van der Waals surface area contributed by atoms with E-state index in [0.717, 1.165) is 12.1 Å². The van der Waals surface area contributed by atoms with Gasteiger partial charge < -0.3 is 5.73 Å². The van der Waals surface area contributed by atoms with Crippen molar-refractivity contribution in [1.29, 1.82) is 0 Å². The monoisotopic (exact) mass is 251 g/mol. The average molecular weight is 251 g/mol. The van der Waals surface area contributed by atoms with Crippen molar-refractivity contribution >= 4 is 0 Å². The van der Waals surface area contributed by atoms with Crippen molar-refractivity contribution in [2.75, 3.05) is 0 Å². The molecular formula is C14H12F3N. The van der Waals surface area contributed by atoms with Gasteiger partial charge in [-0.2, -0.15) is 0 Å². The number of hydrogen-bond acceptors (Lipinski definition) is 1. The molecule has 0 fully saturated rings. The molecule has 0 amide bonds. The van der Waals surface area contributed by atoms with Gasteiger partial charge in [-0.1, -0.05) is 18.2 Å². The Hall–Kier alpha value is -1.81. The van der Waals surface area contributed by atoms with E-state index in [0.29, 0.717) is 5.56 Å². The maximum Gasteiger partial charge on any atom is 0.131 e. The van der Waals surface area contributed by atoms with Crippen LogP contribution in [0, 0.1) is 17.5 Å². The Morgan fingerprint density at radius 2 is 1.61 bits per heavy atom. The van der Waals surface area contributed by atoms with Gasteiger partial charge in [0.25, 0.3) is 0 Å². The van der Waals surface area contributed by atoms with Gasteiger partial charge in [0.1, 0.15) is 17.5 Å². The van der Waals surface area contributed by atoms with Crippen LogP contribution in [-0.4, -0.2) is 0 Å². The van der Waals surface area contributed by atoms with Crippen LogP contribution in [0.1, 0.15) is 18.1 Å². The fraction of sp³-hybridized carbons (Fsp3) is 0.143. The molecule has 2 N–H and O–H groups in total. The molecule has 0 aliphatic carbocycles. The molecule has 1 nitrogen and oxygen atoms in total. The maximum atomic E-state index is 13.7. The Kier molecular flexibility index (Phi) is 3.13. The van der Waals surface area contributed by atoms with Crippen LogP contribution in [0.5, 0.6) is 0 Å². The first-order valence-corrected chi connectivity index (χ1v) is 5.42. The maximum absolute atomic E-state index is 13.7. The van der Waals surface area contributed by atoms with Gasteiger partial charge in [0.2, 0.25) is 0 Å². The number of rotatable bonds is 2. The van der Waals surface area contributed by atoms with Gasteiger partial charge in [0, 0.05) is 11.6 Å². The summed E-state index contributed by atoms with van der Waals surface area (Å²) in [5.41, 5.74) is 5.37. The smallest absolute Gasteiger partial charge is 0.131 e. The van der Waals surface area contributed by atoms with Gasteiger partial charge in [0.05, 0.1) is 5.54 Å². The molecule has 2 rings (SSSR count). The zero-order valence-corrected chi connectivity index (χ0v) is 9.75. The van der Waals surface area contributed by atoms with Crippen molar-refractivity contribution in [1.82, 2.24) is 0 Å². The minimum Gasteiger partial charge on any atom is -0.318 e. The molecule has 0 radical (unpaired) electrons. The molecule has 4 heteroatoms. The summed E-state index contributed by atoms with van der Waals surface area (Å²) in [5.74, 6) is -1.87. The lowest BCUT2D eigenvalue weighted by molar-refractivity contribution is 0.514. The zero-order chi connectivity index (χ0) is 13.3. The quantitative estimate of drug-likeness (QED) is 0.870. The molecule has 0 bridgehead atoms. The van der Waals surface area contributed by atoms with Crippen molar-refractivity contribution in [2.45, 2.75) is 12.5 Å². The third kappa shape index (κ3) is 2.24. The van der Waals surface area contributed by atoms with Crippen molar-refractivity contribution in [3.8, 4) is 0 Å². The van der Waals surface area contributed by atoms with Crippen LogP contribution in [0.3, 0.4) is 0 Å². The highest BCUT2D eigenvalue weighted by Crippen LogP contribution is 2.29. The van der Waals surface area contributed by atoms with Gasteiger partial charge >= 0.3 is 0 Å². The van der Waals surface area contributed by atoms with E-state index in [9.17, 15) is 13.2 Å². The van der Waals surface area contributed by atoms with Crippen LogP contribution < -0.4 is 5.73 Å². The Morgan fingerprint density at radius 3 is 2.22 bits per heavy atom. The van der Waals surface area contributed by atoms with E-state index in [2.05, 4.69) is 0 Å². The van der Waals surface area contributed by atoms with Crippen LogP contribution in [0.15, 0.2) is 42.5 Å². The Labute approximate surface area is 103 Å². The van der Waals surface area contributed by atoms with Crippen LogP contribution in [0.4, 0.5) is 13.2 Å². The van der Waals surface area contributed by atoms with Crippen LogP contribution >= 0.6 is 0 Å². The zero-order valence-electron chi connectivity index (χ0n) is 9.75. The largest absolute Gasteiger partial charge is 0.318 e. The first-order valence-electron chi connectivity index (χ1n) is 5.42. The average Bonchev–Trinajstić information content (AvgIpc) is 2.28. The van der Waals surface area contributed by atoms with Gasteiger partial charge in [-0.15, -0.1) is 0 Å². The minimum atomic E-state index is -1.22. The van der Waals surface area contributed by atoms with Crippen molar-refractivity contribution in [2.24, 2.45) is 5.73 Å². The number of nitrogens with two attached hydrogens (primary N) is 1. The Morgan fingerprint density at radius 1 is 0.944 bits per heavy atom. The molecule has 2 aromatic carbocycles. The number of halogens is 3. The molecule has 18 heavy (non-hydrogen) atoms. The molecule has 0 spiro atoms. The second-order valence-electron chi connectivity index (χ2n) is 4.34. The minimum absolute atomic E-state index is 0.120. The van der Waals surface area contributed by atoms with Gasteiger partial charge in [-0.05, 0) is 30.7 Å². The van der Waals surface area contributed by atoms with Gasteiger partial charge in [0.15, 0.2) is 0 Å². The van der Waals surface area contributed by atoms with Crippen LogP contribution in [-0.2, 0) is 5.54 Å². The second kappa shape index (κ2) is 4.46. The third-order valence-electron chi connectivity index (χ3n) is 2.91. The highest BCUT2D eigenvalue weighted by Gasteiger charge is 2.27. The molecule has 1 atom stereocenters. The van der Waals surface area contributed by atoms with Gasteiger partial charge in [-0.25, -0.2) is 13.2 Å². The standard InChI is InChI=1S/C14H12F3N/c1-14(18,9-3-2-4-10(15)7-9)12-6-5-11(16)8-13(12)17/h2-8H,18H2,1H3. The van der Waals surface area contributed by atoms with E-state index in [-0.39, 0.29) is 5.56 Å². The molecule has 0 heterocycles. The fourth-order valence-electron chi connectivity index (χ4n) is 1.88. The summed E-state index contributed by atoms with van der Waals surface area (Å²) in [6.45, 7) is 1.55. The normalized spacial score (nSPS) is 14.3. The second-order valence-corrected chi connectivity index (χ2v) is 4.34. The van der Waals surface area contributed by atoms with Crippen molar-refractivity contribution < 1.29 is 13.2 Å². The van der Waals surface area contributed by atoms with E-state index in [1.54, 1.807) is 13.0 Å². The predicted octanol–water partition coefficient (Wildman–Crippen LogP) is 3.33. The van der Waals surface area contributed by atoms with Crippen LogP contribution in [0.2, 0.25) is 0 Å². The van der Waals surface area contributed by atoms with Gasteiger partial charge in [-0.3, -0.25) is 0 Å². The topological polar surface area (TPSA) is 26.0 Å². The molecule has 0 aliphatic rings. The third-order valence-corrected chi connectivity index (χ3v) is 2.91. The first-order chi connectivity index (χ1) is 8.41. The molecule has 0 aliphatic heterocycles. The number of benzene rings is 2. The molecule has 1 unspecified atom stereocenters. The summed E-state index contributed by atoms with van der Waals surface area (Å²) in [7, 11) is 0. The van der Waals surface area contributed by atoms with E-state index in [1.165, 1.54) is 24.3 Å². The van der Waals surface area contributed by atoms with E-state index >= 15 is 0 Å². The Bertz CT molecular complexity index is 579. The molecule has 0 saturated carbocycles. The fourth-order valence-corrected chi connectivity index (χ4v) is 1.88. The highest BCUT2D eigenvalue weighted by molar-refractivity contribution is 5.38. The molecule has 2 aromatic rings. The summed E-state index contributed by atoms with van der Waals surface area (Å²) < 4.78 is 39.7. The van der Waals surface area contributed by atoms with E-state index in [1.807, 2.05) is 0 Å². The van der Waals surface area contributed by atoms with Crippen molar-refractivity contribution in [3.05, 3.63) is 71.0 Å². The van der Waals surface area contributed by atoms with E-state index in [4.69, 9.17) is 5.73 Å². The van der Waals surface area contributed by atoms with Crippen LogP contribution in [0.25, 0.3) is 0 Å². The molecule has 0 aromatic heterocycles. The molecule has 0 saturated heterocycles. The Balaban J connectivity index is 2.53. The lowest BCUT2D eigenvalue weighted by Crippen LogP contribution is -2.35. The first kappa shape index (κ1) is 12.6. The van der Waals surface area contributed by atoms with E-state index < -0.39 is 23.0 Å². The summed E-state index contributed by atoms with van der Waals surface area (Å²) in [6, 6.07) is 8.78. The molecular weight excluding hydrogens is 239 g/mol. The summed E-state index contributed by atoms with van der Waals surface area (Å²) in [6.07, 6.45) is 0.